The first-order valence-electron chi connectivity index (χ1n) is 4.69. The molecule has 0 spiro atoms. The quantitative estimate of drug-likeness (QED) is 0.505. The Bertz CT molecular complexity index is 298. The molecule has 0 saturated carbocycles. The fourth-order valence-corrected chi connectivity index (χ4v) is 1.95. The molecule has 0 unspecified atom stereocenters. The van der Waals surface area contributed by atoms with Gasteiger partial charge in [0.1, 0.15) is 17.9 Å². The van der Waals surface area contributed by atoms with E-state index in [2.05, 4.69) is 0 Å². The van der Waals surface area contributed by atoms with Crippen molar-refractivity contribution in [3.63, 3.8) is 0 Å². The highest BCUT2D eigenvalue weighted by atomic mass is 16.2. The highest BCUT2D eigenvalue weighted by Gasteiger charge is 2.41. The molecule has 0 aliphatic heterocycles. The van der Waals surface area contributed by atoms with E-state index in [4.69, 9.17) is 0 Å². The van der Waals surface area contributed by atoms with Gasteiger partial charge >= 0.3 is 0 Å². The van der Waals surface area contributed by atoms with Gasteiger partial charge in [-0.3, -0.25) is 14.4 Å². The van der Waals surface area contributed by atoms with Gasteiger partial charge in [0, 0.05) is 0 Å². The summed E-state index contributed by atoms with van der Waals surface area (Å²) in [5.74, 6) is -0.255. The Kier molecular flexibility index (Phi) is 2.99. The molecule has 14 heavy (non-hydrogen) atoms. The largest absolute Gasteiger partial charge is 0.299 e. The number of Topliss-reactive ketones (excluding diaryl/α,β-unsaturated/α-hetero) is 2. The second-order valence-corrected chi connectivity index (χ2v) is 3.81. The van der Waals surface area contributed by atoms with Crippen molar-refractivity contribution in [3.05, 3.63) is 11.6 Å². The predicted molar refractivity (Wildman–Crippen MR) is 51.8 cm³/mol. The lowest BCUT2D eigenvalue weighted by Gasteiger charge is -2.31. The minimum absolute atomic E-state index is 0.127. The fourth-order valence-electron chi connectivity index (χ4n) is 1.95. The van der Waals surface area contributed by atoms with E-state index >= 15 is 0 Å². The number of carbonyl (C=O) groups excluding carboxylic acids is 3. The Balaban J connectivity index is 3.03. The minimum Gasteiger partial charge on any atom is -0.299 e. The molecule has 1 rings (SSSR count). The molecule has 1 aliphatic rings. The molecule has 76 valence electrons. The molecular weight excluding hydrogens is 180 g/mol. The molecule has 1 aliphatic carbocycles. The van der Waals surface area contributed by atoms with Gasteiger partial charge in [-0.25, -0.2) is 0 Å². The van der Waals surface area contributed by atoms with Gasteiger partial charge in [0.15, 0.2) is 0 Å². The number of hydrogen-bond acceptors (Lipinski definition) is 3. The van der Waals surface area contributed by atoms with E-state index < -0.39 is 5.41 Å². The minimum atomic E-state index is -0.926. The Hall–Kier alpha value is -1.25. The van der Waals surface area contributed by atoms with Crippen molar-refractivity contribution in [1.82, 2.24) is 0 Å². The molecule has 3 nitrogen and oxygen atoms in total. The second kappa shape index (κ2) is 3.86. The molecule has 0 saturated heterocycles. The third-order valence-electron chi connectivity index (χ3n) is 2.98. The molecule has 0 aromatic heterocycles. The molecule has 0 bridgehead atoms. The average Bonchev–Trinajstić information content (AvgIpc) is 2.17. The van der Waals surface area contributed by atoms with Crippen LogP contribution in [0.4, 0.5) is 0 Å². The summed E-state index contributed by atoms with van der Waals surface area (Å²) in [4.78, 5) is 33.5. The molecular formula is C11H14O3. The first kappa shape index (κ1) is 10.8. The zero-order chi connectivity index (χ0) is 10.8. The maximum Gasteiger partial charge on any atom is 0.145 e. The van der Waals surface area contributed by atoms with Crippen molar-refractivity contribution < 1.29 is 14.4 Å². The first-order valence-corrected chi connectivity index (χ1v) is 4.69. The van der Waals surface area contributed by atoms with Gasteiger partial charge in [-0.1, -0.05) is 6.08 Å². The van der Waals surface area contributed by atoms with Crippen LogP contribution >= 0.6 is 0 Å². The van der Waals surface area contributed by atoms with Gasteiger partial charge in [-0.05, 0) is 38.7 Å². The summed E-state index contributed by atoms with van der Waals surface area (Å²) in [6, 6.07) is 0. The van der Waals surface area contributed by atoms with Gasteiger partial charge < -0.3 is 0 Å². The third-order valence-corrected chi connectivity index (χ3v) is 2.98. The van der Waals surface area contributed by atoms with Gasteiger partial charge in [0.25, 0.3) is 0 Å². The van der Waals surface area contributed by atoms with Crippen molar-refractivity contribution in [1.29, 1.82) is 0 Å². The zero-order valence-corrected chi connectivity index (χ0v) is 8.50. The fraction of sp³-hybridized carbons (Fsp3) is 0.545. The summed E-state index contributed by atoms with van der Waals surface area (Å²) in [6.45, 7) is 2.85. The van der Waals surface area contributed by atoms with Crippen molar-refractivity contribution >= 4 is 17.9 Å². The van der Waals surface area contributed by atoms with E-state index in [1.54, 1.807) is 6.08 Å². The second-order valence-electron chi connectivity index (χ2n) is 3.81. The van der Waals surface area contributed by atoms with Crippen LogP contribution in [0.15, 0.2) is 11.6 Å². The summed E-state index contributed by atoms with van der Waals surface area (Å²) in [5.41, 5.74) is -0.355. The molecule has 0 atom stereocenters. The Morgan fingerprint density at radius 1 is 1.36 bits per heavy atom. The number of ketones is 2. The van der Waals surface area contributed by atoms with Gasteiger partial charge in [0.2, 0.25) is 0 Å². The van der Waals surface area contributed by atoms with Crippen LogP contribution in [-0.4, -0.2) is 17.9 Å². The highest BCUT2D eigenvalue weighted by Crippen LogP contribution is 2.37. The molecule has 0 amide bonds. The van der Waals surface area contributed by atoms with E-state index in [1.165, 1.54) is 13.8 Å². The monoisotopic (exact) mass is 194 g/mol. The van der Waals surface area contributed by atoms with Crippen molar-refractivity contribution in [2.75, 3.05) is 0 Å². The molecule has 0 heterocycles. The van der Waals surface area contributed by atoms with Crippen LogP contribution in [0, 0.1) is 5.41 Å². The maximum atomic E-state index is 11.5. The van der Waals surface area contributed by atoms with Crippen LogP contribution < -0.4 is 0 Å². The van der Waals surface area contributed by atoms with Crippen LogP contribution in [0.2, 0.25) is 0 Å². The molecule has 0 radical (unpaired) electrons. The normalized spacial score (nSPS) is 19.7. The van der Waals surface area contributed by atoms with Crippen molar-refractivity contribution in [3.8, 4) is 0 Å². The first-order chi connectivity index (χ1) is 6.53. The van der Waals surface area contributed by atoms with E-state index in [0.717, 1.165) is 6.29 Å². The molecule has 0 aromatic carbocycles. The lowest BCUT2D eigenvalue weighted by Crippen LogP contribution is -2.38. The van der Waals surface area contributed by atoms with E-state index in [0.29, 0.717) is 18.4 Å². The van der Waals surface area contributed by atoms with Crippen LogP contribution in [0.1, 0.15) is 33.1 Å². The lowest BCUT2D eigenvalue weighted by molar-refractivity contribution is -0.139. The topological polar surface area (TPSA) is 51.2 Å². The summed E-state index contributed by atoms with van der Waals surface area (Å²) < 4.78 is 0. The van der Waals surface area contributed by atoms with E-state index in [-0.39, 0.29) is 18.0 Å². The summed E-state index contributed by atoms with van der Waals surface area (Å²) in [6.07, 6.45) is 3.99. The zero-order valence-electron chi connectivity index (χ0n) is 8.50. The lowest BCUT2D eigenvalue weighted by atomic mass is 9.69. The predicted octanol–water partition coefficient (Wildman–Crippen LogP) is 1.46. The Morgan fingerprint density at radius 2 is 1.93 bits per heavy atom. The number of aldehydes is 1. The molecule has 0 aromatic rings. The van der Waals surface area contributed by atoms with Gasteiger partial charge in [-0.2, -0.15) is 0 Å². The van der Waals surface area contributed by atoms with Crippen LogP contribution in [0.5, 0.6) is 0 Å². The van der Waals surface area contributed by atoms with E-state index in [1.807, 2.05) is 0 Å². The SMILES string of the molecule is CC(=O)C1(C(C)=O)CCC=C(C=O)C1. The third kappa shape index (κ3) is 1.67. The Labute approximate surface area is 83.2 Å². The number of rotatable bonds is 3. The van der Waals surface area contributed by atoms with Crippen LogP contribution in [0.25, 0.3) is 0 Å². The number of hydrogen-bond donors (Lipinski definition) is 0. The van der Waals surface area contributed by atoms with Crippen molar-refractivity contribution in [2.45, 2.75) is 33.1 Å². The van der Waals surface area contributed by atoms with E-state index in [9.17, 15) is 14.4 Å². The van der Waals surface area contributed by atoms with Crippen LogP contribution in [0.3, 0.4) is 0 Å². The molecule has 3 heteroatoms. The summed E-state index contributed by atoms with van der Waals surface area (Å²) >= 11 is 0. The summed E-state index contributed by atoms with van der Waals surface area (Å²) in [5, 5.41) is 0. The average molecular weight is 194 g/mol. The Morgan fingerprint density at radius 3 is 2.36 bits per heavy atom. The van der Waals surface area contributed by atoms with Gasteiger partial charge in [-0.15, -0.1) is 0 Å². The molecule has 0 N–H and O–H groups in total. The van der Waals surface area contributed by atoms with Crippen molar-refractivity contribution in [2.24, 2.45) is 5.41 Å². The maximum absolute atomic E-state index is 11.5. The standard InChI is InChI=1S/C11H14O3/c1-8(13)11(9(2)14)5-3-4-10(6-11)7-12/h4,7H,3,5-6H2,1-2H3. The highest BCUT2D eigenvalue weighted by molar-refractivity contribution is 6.06. The number of allylic oxidation sites excluding steroid dienone is 2. The van der Waals surface area contributed by atoms with Crippen LogP contribution in [-0.2, 0) is 14.4 Å². The summed E-state index contributed by atoms with van der Waals surface area (Å²) in [7, 11) is 0. The van der Waals surface area contributed by atoms with Gasteiger partial charge in [0.05, 0.1) is 5.41 Å². The number of carbonyl (C=O) groups is 3. The molecule has 0 fully saturated rings. The smallest absolute Gasteiger partial charge is 0.145 e.